The number of phenolic OH excluding ortho intramolecular Hbond substituents is 1. The van der Waals surface area contributed by atoms with Crippen molar-refractivity contribution in [2.75, 3.05) is 0 Å². The smallest absolute Gasteiger partial charge is 0.336 e. The van der Waals surface area contributed by atoms with Gasteiger partial charge in [0.2, 0.25) is 0 Å². The molecule has 4 aromatic rings. The first kappa shape index (κ1) is 14.1. The average molecular weight is 326 g/mol. The van der Waals surface area contributed by atoms with Crippen LogP contribution in [0.2, 0.25) is 0 Å². The third kappa shape index (κ3) is 2.09. The van der Waals surface area contributed by atoms with Crippen LogP contribution in [0, 0.1) is 0 Å². The van der Waals surface area contributed by atoms with Crippen LogP contribution in [0.1, 0.15) is 11.1 Å². The molecule has 0 amide bonds. The first-order chi connectivity index (χ1) is 12.2. The van der Waals surface area contributed by atoms with Gasteiger partial charge in [0.1, 0.15) is 11.3 Å². The topological polar surface area (TPSA) is 50.4 Å². The summed E-state index contributed by atoms with van der Waals surface area (Å²) in [4.78, 5) is 12.1. The highest BCUT2D eigenvalue weighted by Gasteiger charge is 2.22. The van der Waals surface area contributed by atoms with Crippen molar-refractivity contribution in [3.8, 4) is 28.0 Å². The molecule has 1 N–H and O–H groups in total. The number of rotatable bonds is 1. The molecule has 0 spiro atoms. The highest BCUT2D eigenvalue weighted by molar-refractivity contribution is 5.97. The Morgan fingerprint density at radius 3 is 2.44 bits per heavy atom. The highest BCUT2D eigenvalue weighted by Crippen LogP contribution is 2.42. The Balaban J connectivity index is 1.82. The summed E-state index contributed by atoms with van der Waals surface area (Å²) in [7, 11) is 0. The first-order valence-electron chi connectivity index (χ1n) is 8.18. The van der Waals surface area contributed by atoms with Crippen LogP contribution in [0.3, 0.4) is 0 Å². The van der Waals surface area contributed by atoms with Crippen LogP contribution in [0.5, 0.6) is 5.75 Å². The fourth-order valence-electron chi connectivity index (χ4n) is 3.78. The molecule has 120 valence electrons. The van der Waals surface area contributed by atoms with E-state index < -0.39 is 5.63 Å². The molecule has 1 aromatic heterocycles. The summed E-state index contributed by atoms with van der Waals surface area (Å²) < 4.78 is 5.27. The molecule has 0 saturated heterocycles. The molecule has 3 nitrogen and oxygen atoms in total. The number of phenols is 1. The van der Waals surface area contributed by atoms with Gasteiger partial charge in [0, 0.05) is 23.1 Å². The highest BCUT2D eigenvalue weighted by atomic mass is 16.4. The predicted molar refractivity (Wildman–Crippen MR) is 97.8 cm³/mol. The number of aromatic hydroxyl groups is 1. The molecule has 0 atom stereocenters. The lowest BCUT2D eigenvalue weighted by Gasteiger charge is -2.11. The van der Waals surface area contributed by atoms with E-state index in [1.807, 2.05) is 12.1 Å². The van der Waals surface area contributed by atoms with Crippen LogP contribution in [0.4, 0.5) is 0 Å². The molecular formula is C22H14O3. The van der Waals surface area contributed by atoms with Gasteiger partial charge in [0.25, 0.3) is 0 Å². The Kier molecular flexibility index (Phi) is 2.86. The fraction of sp³-hybridized carbons (Fsp3) is 0.0455. The quantitative estimate of drug-likeness (QED) is 0.453. The van der Waals surface area contributed by atoms with E-state index in [9.17, 15) is 9.90 Å². The van der Waals surface area contributed by atoms with Crippen molar-refractivity contribution in [1.82, 2.24) is 0 Å². The van der Waals surface area contributed by atoms with E-state index in [0.717, 1.165) is 22.9 Å². The Hall–Kier alpha value is -3.33. The minimum absolute atomic E-state index is 0.0819. The second-order valence-corrected chi connectivity index (χ2v) is 6.33. The summed E-state index contributed by atoms with van der Waals surface area (Å²) in [6.45, 7) is 0. The zero-order chi connectivity index (χ0) is 17.0. The second-order valence-electron chi connectivity index (χ2n) is 6.33. The fourth-order valence-corrected chi connectivity index (χ4v) is 3.78. The standard InChI is InChI=1S/C22H14O3/c23-14-8-9-18-20(12-22(24)25-21(18)11-14)17-7-3-6-16-15-5-2-1-4-13(15)10-19(16)17/h1-9,11-12,23H,10H2. The molecule has 0 fully saturated rings. The van der Waals surface area contributed by atoms with Crippen molar-refractivity contribution in [1.29, 1.82) is 0 Å². The van der Waals surface area contributed by atoms with Gasteiger partial charge >= 0.3 is 5.63 Å². The van der Waals surface area contributed by atoms with Crippen LogP contribution in [-0.4, -0.2) is 5.11 Å². The molecule has 0 aliphatic heterocycles. The molecule has 0 saturated carbocycles. The summed E-state index contributed by atoms with van der Waals surface area (Å²) in [6, 6.07) is 21.0. The van der Waals surface area contributed by atoms with Gasteiger partial charge in [-0.3, -0.25) is 0 Å². The monoisotopic (exact) mass is 326 g/mol. The minimum Gasteiger partial charge on any atom is -0.508 e. The van der Waals surface area contributed by atoms with Crippen LogP contribution < -0.4 is 5.63 Å². The molecule has 1 heterocycles. The molecule has 1 aliphatic carbocycles. The van der Waals surface area contributed by atoms with E-state index in [4.69, 9.17) is 4.42 Å². The van der Waals surface area contributed by atoms with Gasteiger partial charge in [0.15, 0.2) is 0 Å². The van der Waals surface area contributed by atoms with Crippen LogP contribution in [0.15, 0.2) is 75.9 Å². The van der Waals surface area contributed by atoms with Gasteiger partial charge in [-0.05, 0) is 46.4 Å². The van der Waals surface area contributed by atoms with Crippen molar-refractivity contribution >= 4 is 11.0 Å². The van der Waals surface area contributed by atoms with E-state index in [1.54, 1.807) is 12.1 Å². The van der Waals surface area contributed by atoms with E-state index >= 15 is 0 Å². The zero-order valence-electron chi connectivity index (χ0n) is 13.3. The van der Waals surface area contributed by atoms with Crippen molar-refractivity contribution in [3.63, 3.8) is 0 Å². The van der Waals surface area contributed by atoms with Crippen molar-refractivity contribution in [3.05, 3.63) is 88.3 Å². The molecule has 5 rings (SSSR count). The molecule has 25 heavy (non-hydrogen) atoms. The SMILES string of the molecule is O=c1cc(-c2cccc3c2Cc2ccccc2-3)c2ccc(O)cc2o1. The Morgan fingerprint density at radius 2 is 1.56 bits per heavy atom. The minimum atomic E-state index is -0.416. The normalized spacial score (nSPS) is 12.2. The molecule has 0 bridgehead atoms. The number of fused-ring (bicyclic) bond motifs is 4. The summed E-state index contributed by atoms with van der Waals surface area (Å²) >= 11 is 0. The molecule has 3 aromatic carbocycles. The van der Waals surface area contributed by atoms with E-state index in [-0.39, 0.29) is 5.75 Å². The van der Waals surface area contributed by atoms with Gasteiger partial charge in [0.05, 0.1) is 0 Å². The Labute approximate surface area is 143 Å². The second kappa shape index (κ2) is 5.08. The maximum atomic E-state index is 12.1. The summed E-state index contributed by atoms with van der Waals surface area (Å²) in [6.07, 6.45) is 0.849. The lowest BCUT2D eigenvalue weighted by Crippen LogP contribution is -1.99. The van der Waals surface area contributed by atoms with Crippen LogP contribution >= 0.6 is 0 Å². The molecule has 0 unspecified atom stereocenters. The van der Waals surface area contributed by atoms with Gasteiger partial charge < -0.3 is 9.52 Å². The van der Waals surface area contributed by atoms with Crippen molar-refractivity contribution < 1.29 is 9.52 Å². The summed E-state index contributed by atoms with van der Waals surface area (Å²) in [5, 5.41) is 10.5. The van der Waals surface area contributed by atoms with Crippen molar-refractivity contribution in [2.45, 2.75) is 6.42 Å². The third-order valence-corrected chi connectivity index (χ3v) is 4.87. The van der Waals surface area contributed by atoms with E-state index in [1.165, 1.54) is 34.4 Å². The Bertz CT molecular complexity index is 1200. The van der Waals surface area contributed by atoms with E-state index in [0.29, 0.717) is 5.58 Å². The lowest BCUT2D eigenvalue weighted by atomic mass is 9.94. The number of hydrogen-bond donors (Lipinski definition) is 1. The predicted octanol–water partition coefficient (Wildman–Crippen LogP) is 4.74. The molecule has 0 radical (unpaired) electrons. The Morgan fingerprint density at radius 1 is 0.800 bits per heavy atom. The average Bonchev–Trinajstić information content (AvgIpc) is 2.99. The molecule has 1 aliphatic rings. The summed E-state index contributed by atoms with van der Waals surface area (Å²) in [5.74, 6) is 0.0819. The number of hydrogen-bond acceptors (Lipinski definition) is 3. The molecule has 3 heteroatoms. The lowest BCUT2D eigenvalue weighted by molar-refractivity contribution is 0.473. The van der Waals surface area contributed by atoms with Gasteiger partial charge in [-0.15, -0.1) is 0 Å². The van der Waals surface area contributed by atoms with Gasteiger partial charge in [-0.2, -0.15) is 0 Å². The maximum Gasteiger partial charge on any atom is 0.336 e. The van der Waals surface area contributed by atoms with Crippen LogP contribution in [-0.2, 0) is 6.42 Å². The number of benzene rings is 3. The van der Waals surface area contributed by atoms with Gasteiger partial charge in [-0.25, -0.2) is 4.79 Å². The third-order valence-electron chi connectivity index (χ3n) is 4.87. The van der Waals surface area contributed by atoms with Crippen LogP contribution in [0.25, 0.3) is 33.2 Å². The summed E-state index contributed by atoms with van der Waals surface area (Å²) in [5.41, 5.74) is 6.86. The van der Waals surface area contributed by atoms with Gasteiger partial charge in [-0.1, -0.05) is 42.5 Å². The first-order valence-corrected chi connectivity index (χ1v) is 8.18. The van der Waals surface area contributed by atoms with Crippen molar-refractivity contribution in [2.24, 2.45) is 0 Å². The van der Waals surface area contributed by atoms with E-state index in [2.05, 4.69) is 30.3 Å². The zero-order valence-corrected chi connectivity index (χ0v) is 13.3. The largest absolute Gasteiger partial charge is 0.508 e. The maximum absolute atomic E-state index is 12.1. The molecular weight excluding hydrogens is 312 g/mol.